The van der Waals surface area contributed by atoms with Gasteiger partial charge in [-0.3, -0.25) is 14.7 Å². The van der Waals surface area contributed by atoms with E-state index in [9.17, 15) is 23.7 Å². The molecule has 0 saturated heterocycles. The molecule has 1 aromatic heterocycles. The van der Waals surface area contributed by atoms with Crippen LogP contribution in [0.4, 0.5) is 14.5 Å². The van der Waals surface area contributed by atoms with Gasteiger partial charge in [0.1, 0.15) is 11.6 Å². The van der Waals surface area contributed by atoms with Gasteiger partial charge in [-0.25, -0.2) is 9.78 Å². The number of hydrogen-bond donors (Lipinski definition) is 0. The third kappa shape index (κ3) is 3.37. The normalized spacial score (nSPS) is 10.7. The second-order valence-corrected chi connectivity index (χ2v) is 4.44. The van der Waals surface area contributed by atoms with Crippen molar-refractivity contribution in [2.75, 3.05) is 0 Å². The number of aromatic nitrogens is 2. The fourth-order valence-electron chi connectivity index (χ4n) is 1.63. The molecule has 0 N–H and O–H groups in total. The Balaban J connectivity index is 2.11. The molecule has 0 aliphatic carbocycles. The van der Waals surface area contributed by atoms with Crippen molar-refractivity contribution in [3.05, 3.63) is 57.1 Å². The number of rotatable bonds is 5. The largest absolute Gasteiger partial charge is 0.454 e. The zero-order valence-corrected chi connectivity index (χ0v) is 11.5. The van der Waals surface area contributed by atoms with Crippen LogP contribution in [0.5, 0.6) is 0 Å². The maximum absolute atomic E-state index is 12.6. The number of halogens is 3. The molecule has 116 valence electrons. The molecule has 1 aromatic carbocycles. The van der Waals surface area contributed by atoms with E-state index < -0.39 is 29.7 Å². The molecule has 10 heteroatoms. The van der Waals surface area contributed by atoms with Crippen LogP contribution in [0.2, 0.25) is 5.02 Å². The quantitative estimate of drug-likeness (QED) is 0.477. The zero-order valence-electron chi connectivity index (χ0n) is 10.8. The van der Waals surface area contributed by atoms with Crippen LogP contribution in [0, 0.1) is 10.1 Å². The minimum atomic E-state index is -2.81. The van der Waals surface area contributed by atoms with E-state index in [0.717, 1.165) is 18.5 Å². The van der Waals surface area contributed by atoms with Crippen LogP contribution in [-0.2, 0) is 11.3 Å². The van der Waals surface area contributed by atoms with Gasteiger partial charge in [-0.15, -0.1) is 0 Å². The Bertz CT molecular complexity index is 720. The smallest absolute Gasteiger partial charge is 0.338 e. The molecule has 22 heavy (non-hydrogen) atoms. The van der Waals surface area contributed by atoms with E-state index in [-0.39, 0.29) is 16.4 Å². The number of alkyl halides is 2. The van der Waals surface area contributed by atoms with Gasteiger partial charge in [-0.2, -0.15) is 8.78 Å². The van der Waals surface area contributed by atoms with Crippen molar-refractivity contribution < 1.29 is 23.2 Å². The summed E-state index contributed by atoms with van der Waals surface area (Å²) < 4.78 is 30.5. The lowest BCUT2D eigenvalue weighted by atomic mass is 10.2. The first-order valence-corrected chi connectivity index (χ1v) is 6.19. The third-order valence-electron chi connectivity index (χ3n) is 2.67. The Morgan fingerprint density at radius 3 is 2.86 bits per heavy atom. The van der Waals surface area contributed by atoms with Crippen LogP contribution in [-0.4, -0.2) is 20.4 Å². The van der Waals surface area contributed by atoms with E-state index >= 15 is 0 Å². The highest BCUT2D eigenvalue weighted by Gasteiger charge is 2.18. The summed E-state index contributed by atoms with van der Waals surface area (Å²) in [5, 5.41) is 10.6. The highest BCUT2D eigenvalue weighted by atomic mass is 35.5. The average Bonchev–Trinajstić information content (AvgIpc) is 2.93. The molecule has 0 saturated carbocycles. The standard InChI is InChI=1S/C12H8ClF2N3O4/c13-8-2-1-7(5-9(8)18(20)21)11(19)22-6-10-16-3-4-17(10)12(14)15/h1-5,12H,6H2. The van der Waals surface area contributed by atoms with Crippen molar-refractivity contribution in [3.63, 3.8) is 0 Å². The van der Waals surface area contributed by atoms with Crippen LogP contribution in [0.25, 0.3) is 0 Å². The summed E-state index contributed by atoms with van der Waals surface area (Å²) in [6.45, 7) is -3.31. The van der Waals surface area contributed by atoms with Gasteiger partial charge in [-0.1, -0.05) is 11.6 Å². The van der Waals surface area contributed by atoms with Crippen molar-refractivity contribution in [1.29, 1.82) is 0 Å². The summed E-state index contributed by atoms with van der Waals surface area (Å²) in [6.07, 6.45) is 2.18. The van der Waals surface area contributed by atoms with Crippen LogP contribution in [0.3, 0.4) is 0 Å². The van der Waals surface area contributed by atoms with E-state index in [2.05, 4.69) is 4.98 Å². The molecule has 2 aromatic rings. The Hall–Kier alpha value is -2.55. The fraction of sp³-hybridized carbons (Fsp3) is 0.167. The van der Waals surface area contributed by atoms with Crippen molar-refractivity contribution in [1.82, 2.24) is 9.55 Å². The lowest BCUT2D eigenvalue weighted by Crippen LogP contribution is -2.10. The molecule has 0 atom stereocenters. The maximum atomic E-state index is 12.6. The molecular weight excluding hydrogens is 324 g/mol. The molecule has 0 aliphatic rings. The number of benzene rings is 1. The highest BCUT2D eigenvalue weighted by Crippen LogP contribution is 2.25. The minimum Gasteiger partial charge on any atom is -0.454 e. The summed E-state index contributed by atoms with van der Waals surface area (Å²) >= 11 is 5.62. The first-order valence-electron chi connectivity index (χ1n) is 5.81. The summed E-state index contributed by atoms with van der Waals surface area (Å²) in [5.41, 5.74) is -0.573. The molecule has 0 amide bonds. The highest BCUT2D eigenvalue weighted by molar-refractivity contribution is 6.32. The molecule has 0 radical (unpaired) electrons. The molecule has 0 spiro atoms. The van der Waals surface area contributed by atoms with E-state index in [1.165, 1.54) is 12.1 Å². The number of carbonyl (C=O) groups is 1. The van der Waals surface area contributed by atoms with Gasteiger partial charge in [0.25, 0.3) is 5.69 Å². The minimum absolute atomic E-state index is 0.119. The predicted molar refractivity (Wildman–Crippen MR) is 70.7 cm³/mol. The summed E-state index contributed by atoms with van der Waals surface area (Å²) in [7, 11) is 0. The summed E-state index contributed by atoms with van der Waals surface area (Å²) in [5.74, 6) is -1.06. The Morgan fingerprint density at radius 2 is 2.23 bits per heavy atom. The number of esters is 1. The van der Waals surface area contributed by atoms with Gasteiger partial charge in [0.05, 0.1) is 10.5 Å². The summed E-state index contributed by atoms with van der Waals surface area (Å²) in [4.78, 5) is 25.4. The topological polar surface area (TPSA) is 87.3 Å². The first-order chi connectivity index (χ1) is 10.4. The van der Waals surface area contributed by atoms with Crippen molar-refractivity contribution >= 4 is 23.3 Å². The van der Waals surface area contributed by atoms with Gasteiger partial charge in [0.15, 0.2) is 5.82 Å². The number of carbonyl (C=O) groups excluding carboxylic acids is 1. The average molecular weight is 332 g/mol. The SMILES string of the molecule is O=C(OCc1nccn1C(F)F)c1ccc(Cl)c([N+](=O)[O-])c1. The van der Waals surface area contributed by atoms with E-state index in [4.69, 9.17) is 16.3 Å². The van der Waals surface area contributed by atoms with Crippen LogP contribution >= 0.6 is 11.6 Å². The van der Waals surface area contributed by atoms with Crippen molar-refractivity contribution in [2.24, 2.45) is 0 Å². The van der Waals surface area contributed by atoms with Crippen LogP contribution in [0.15, 0.2) is 30.6 Å². The van der Waals surface area contributed by atoms with Crippen molar-refractivity contribution in [3.8, 4) is 0 Å². The number of ether oxygens (including phenoxy) is 1. The molecule has 0 bridgehead atoms. The van der Waals surface area contributed by atoms with Gasteiger partial charge in [-0.05, 0) is 12.1 Å². The van der Waals surface area contributed by atoms with E-state index in [1.807, 2.05) is 0 Å². The van der Waals surface area contributed by atoms with Crippen molar-refractivity contribution in [2.45, 2.75) is 13.2 Å². The van der Waals surface area contributed by atoms with Gasteiger partial charge in [0, 0.05) is 18.5 Å². The molecule has 0 fully saturated rings. The molecule has 2 rings (SSSR count). The second-order valence-electron chi connectivity index (χ2n) is 4.03. The Kier molecular flexibility index (Phi) is 4.66. The number of imidazole rings is 1. The first kappa shape index (κ1) is 15.8. The lowest BCUT2D eigenvalue weighted by Gasteiger charge is -2.07. The molecular formula is C12H8ClF2N3O4. The fourth-order valence-corrected chi connectivity index (χ4v) is 1.81. The lowest BCUT2D eigenvalue weighted by molar-refractivity contribution is -0.384. The molecule has 0 unspecified atom stereocenters. The van der Waals surface area contributed by atoms with Gasteiger partial charge >= 0.3 is 12.5 Å². The Labute approximate surface area is 127 Å². The Morgan fingerprint density at radius 1 is 1.50 bits per heavy atom. The molecule has 7 nitrogen and oxygen atoms in total. The van der Waals surface area contributed by atoms with E-state index in [0.29, 0.717) is 4.57 Å². The number of hydrogen-bond acceptors (Lipinski definition) is 5. The second kappa shape index (κ2) is 6.48. The van der Waals surface area contributed by atoms with Gasteiger partial charge in [0.2, 0.25) is 0 Å². The van der Waals surface area contributed by atoms with E-state index in [1.54, 1.807) is 0 Å². The van der Waals surface area contributed by atoms with Crippen LogP contribution < -0.4 is 0 Å². The predicted octanol–water partition coefficient (Wildman–Crippen LogP) is 3.20. The van der Waals surface area contributed by atoms with Crippen LogP contribution in [0.1, 0.15) is 22.7 Å². The molecule has 1 heterocycles. The number of nitro groups is 1. The molecule has 0 aliphatic heterocycles. The number of nitro benzene ring substituents is 1. The number of nitrogens with zero attached hydrogens (tertiary/aromatic N) is 3. The summed E-state index contributed by atoms with van der Waals surface area (Å²) in [6, 6.07) is 3.36. The van der Waals surface area contributed by atoms with Gasteiger partial charge < -0.3 is 4.74 Å². The zero-order chi connectivity index (χ0) is 16.3. The maximum Gasteiger partial charge on any atom is 0.338 e. The third-order valence-corrected chi connectivity index (χ3v) is 2.99. The monoisotopic (exact) mass is 331 g/mol.